The molecule has 1 aliphatic rings. The highest BCUT2D eigenvalue weighted by atomic mass is 79.9. The lowest BCUT2D eigenvalue weighted by Crippen LogP contribution is -2.24. The van der Waals surface area contributed by atoms with Crippen molar-refractivity contribution in [3.8, 4) is 0 Å². The number of nitrogens with two attached hydrogens (primary N) is 1. The van der Waals surface area contributed by atoms with E-state index in [1.165, 1.54) is 12.7 Å². The number of anilines is 2. The van der Waals surface area contributed by atoms with Gasteiger partial charge in [0.15, 0.2) is 5.82 Å². The Balaban J connectivity index is 2.28. The summed E-state index contributed by atoms with van der Waals surface area (Å²) in [6.07, 6.45) is 2.70. The number of aromatic nitrogens is 2. The first kappa shape index (κ1) is 11.6. The maximum atomic E-state index is 5.38. The van der Waals surface area contributed by atoms with Crippen molar-refractivity contribution in [2.24, 2.45) is 11.3 Å². The molecule has 3 N–H and O–H groups in total. The predicted octanol–water partition coefficient (Wildman–Crippen LogP) is 1.76. The first-order valence-corrected chi connectivity index (χ1v) is 6.05. The molecule has 1 fully saturated rings. The van der Waals surface area contributed by atoms with Gasteiger partial charge in [-0.25, -0.2) is 15.8 Å². The van der Waals surface area contributed by atoms with Gasteiger partial charge in [-0.2, -0.15) is 0 Å². The van der Waals surface area contributed by atoms with Crippen molar-refractivity contribution in [3.63, 3.8) is 0 Å². The van der Waals surface area contributed by atoms with Crippen molar-refractivity contribution < 1.29 is 0 Å². The SMILES string of the molecule is CC1(C)CCN(c2ncnc(NN)c2Br)C1. The first-order chi connectivity index (χ1) is 7.53. The fraction of sp³-hybridized carbons (Fsp3) is 0.600. The normalized spacial score (nSPS) is 18.9. The summed E-state index contributed by atoms with van der Waals surface area (Å²) in [5, 5.41) is 0. The predicted molar refractivity (Wildman–Crippen MR) is 68.2 cm³/mol. The number of hydrazine groups is 1. The zero-order chi connectivity index (χ0) is 11.8. The maximum Gasteiger partial charge on any atom is 0.159 e. The van der Waals surface area contributed by atoms with Crippen molar-refractivity contribution in [1.82, 2.24) is 9.97 Å². The van der Waals surface area contributed by atoms with Crippen molar-refractivity contribution in [2.75, 3.05) is 23.4 Å². The summed E-state index contributed by atoms with van der Waals surface area (Å²) in [4.78, 5) is 10.6. The average Bonchev–Trinajstić information content (AvgIpc) is 2.59. The van der Waals surface area contributed by atoms with Crippen LogP contribution in [0.25, 0.3) is 0 Å². The van der Waals surface area contributed by atoms with E-state index < -0.39 is 0 Å². The Bertz CT molecular complexity index is 393. The second kappa shape index (κ2) is 4.18. The Kier molecular flexibility index (Phi) is 3.03. The van der Waals surface area contributed by atoms with Crippen LogP contribution in [0.15, 0.2) is 10.8 Å². The Labute approximate surface area is 104 Å². The summed E-state index contributed by atoms with van der Waals surface area (Å²) in [6.45, 7) is 6.56. The lowest BCUT2D eigenvalue weighted by molar-refractivity contribution is 0.418. The van der Waals surface area contributed by atoms with Gasteiger partial charge in [-0.3, -0.25) is 0 Å². The van der Waals surface area contributed by atoms with Gasteiger partial charge in [-0.15, -0.1) is 0 Å². The van der Waals surface area contributed by atoms with E-state index in [0.29, 0.717) is 11.2 Å². The Morgan fingerprint density at radius 1 is 1.50 bits per heavy atom. The highest BCUT2D eigenvalue weighted by molar-refractivity contribution is 9.10. The number of hydrogen-bond acceptors (Lipinski definition) is 5. The van der Waals surface area contributed by atoms with Crippen molar-refractivity contribution in [3.05, 3.63) is 10.8 Å². The molecule has 0 aliphatic carbocycles. The van der Waals surface area contributed by atoms with Crippen LogP contribution < -0.4 is 16.2 Å². The van der Waals surface area contributed by atoms with Crippen LogP contribution in [-0.4, -0.2) is 23.1 Å². The highest BCUT2D eigenvalue weighted by Crippen LogP contribution is 2.36. The van der Waals surface area contributed by atoms with Crippen LogP contribution >= 0.6 is 15.9 Å². The van der Waals surface area contributed by atoms with Gasteiger partial charge in [-0.05, 0) is 27.8 Å². The topological polar surface area (TPSA) is 67.1 Å². The summed E-state index contributed by atoms with van der Waals surface area (Å²) >= 11 is 3.48. The molecule has 1 saturated heterocycles. The highest BCUT2D eigenvalue weighted by Gasteiger charge is 2.31. The monoisotopic (exact) mass is 285 g/mol. The van der Waals surface area contributed by atoms with E-state index in [1.807, 2.05) is 0 Å². The van der Waals surface area contributed by atoms with Gasteiger partial charge in [0.2, 0.25) is 0 Å². The van der Waals surface area contributed by atoms with Crippen LogP contribution in [0.2, 0.25) is 0 Å². The molecule has 0 amide bonds. The molecular formula is C10H16BrN5. The average molecular weight is 286 g/mol. The summed E-state index contributed by atoms with van der Waals surface area (Å²) in [7, 11) is 0. The molecule has 0 aromatic carbocycles. The van der Waals surface area contributed by atoms with Crippen molar-refractivity contribution >= 4 is 27.6 Å². The third kappa shape index (κ3) is 2.12. The zero-order valence-electron chi connectivity index (χ0n) is 9.50. The molecule has 0 spiro atoms. The van der Waals surface area contributed by atoms with Gasteiger partial charge in [0.05, 0.1) is 0 Å². The molecule has 5 nitrogen and oxygen atoms in total. The number of nitrogens with one attached hydrogen (secondary N) is 1. The number of hydrogen-bond donors (Lipinski definition) is 2. The van der Waals surface area contributed by atoms with Crippen LogP contribution in [0.3, 0.4) is 0 Å². The van der Waals surface area contributed by atoms with Gasteiger partial charge >= 0.3 is 0 Å². The summed E-state index contributed by atoms with van der Waals surface area (Å²) < 4.78 is 0.829. The number of halogens is 1. The fourth-order valence-corrected chi connectivity index (χ4v) is 2.54. The van der Waals surface area contributed by atoms with Crippen LogP contribution in [0, 0.1) is 5.41 Å². The molecule has 6 heteroatoms. The summed E-state index contributed by atoms with van der Waals surface area (Å²) in [5.74, 6) is 6.91. The zero-order valence-corrected chi connectivity index (χ0v) is 11.1. The molecule has 2 rings (SSSR count). The third-order valence-electron chi connectivity index (χ3n) is 2.88. The van der Waals surface area contributed by atoms with E-state index in [1.54, 1.807) is 0 Å². The van der Waals surface area contributed by atoms with Gasteiger partial charge in [0.25, 0.3) is 0 Å². The largest absolute Gasteiger partial charge is 0.355 e. The van der Waals surface area contributed by atoms with Crippen LogP contribution in [0.1, 0.15) is 20.3 Å². The number of rotatable bonds is 2. The minimum atomic E-state index is 0.348. The molecule has 1 aromatic heterocycles. The van der Waals surface area contributed by atoms with E-state index >= 15 is 0 Å². The molecule has 0 atom stereocenters. The lowest BCUT2D eigenvalue weighted by atomic mass is 9.93. The summed E-state index contributed by atoms with van der Waals surface area (Å²) in [6, 6.07) is 0. The van der Waals surface area contributed by atoms with Gasteiger partial charge < -0.3 is 10.3 Å². The molecule has 2 heterocycles. The fourth-order valence-electron chi connectivity index (χ4n) is 1.97. The number of nitrogen functional groups attached to an aromatic ring is 1. The molecule has 88 valence electrons. The Morgan fingerprint density at radius 3 is 2.81 bits per heavy atom. The molecule has 1 aromatic rings. The standard InChI is InChI=1S/C10H16BrN5/c1-10(2)3-4-16(5-10)9-7(11)8(15-12)13-6-14-9/h6H,3-5,12H2,1-2H3,(H,13,14,15). The van der Waals surface area contributed by atoms with E-state index in [9.17, 15) is 0 Å². The molecule has 16 heavy (non-hydrogen) atoms. The lowest BCUT2D eigenvalue weighted by Gasteiger charge is -2.22. The quantitative estimate of drug-likeness (QED) is 0.640. The van der Waals surface area contributed by atoms with Crippen LogP contribution in [-0.2, 0) is 0 Å². The van der Waals surface area contributed by atoms with Gasteiger partial charge in [-0.1, -0.05) is 13.8 Å². The summed E-state index contributed by atoms with van der Waals surface area (Å²) in [5.41, 5.74) is 2.90. The molecule has 1 aliphatic heterocycles. The van der Waals surface area contributed by atoms with E-state index in [2.05, 4.69) is 50.1 Å². The van der Waals surface area contributed by atoms with E-state index in [4.69, 9.17) is 5.84 Å². The minimum Gasteiger partial charge on any atom is -0.355 e. The van der Waals surface area contributed by atoms with Gasteiger partial charge in [0, 0.05) is 13.1 Å². The maximum absolute atomic E-state index is 5.38. The number of nitrogens with zero attached hydrogens (tertiary/aromatic N) is 3. The first-order valence-electron chi connectivity index (χ1n) is 5.25. The molecule has 0 unspecified atom stereocenters. The van der Waals surface area contributed by atoms with E-state index in [0.717, 1.165) is 23.4 Å². The second-order valence-electron chi connectivity index (χ2n) is 4.84. The molecule has 0 radical (unpaired) electrons. The Morgan fingerprint density at radius 2 is 2.25 bits per heavy atom. The van der Waals surface area contributed by atoms with Crippen LogP contribution in [0.5, 0.6) is 0 Å². The minimum absolute atomic E-state index is 0.348. The third-order valence-corrected chi connectivity index (χ3v) is 3.61. The van der Waals surface area contributed by atoms with E-state index in [-0.39, 0.29) is 0 Å². The molecule has 0 bridgehead atoms. The van der Waals surface area contributed by atoms with Gasteiger partial charge in [0.1, 0.15) is 16.6 Å². The Hall–Kier alpha value is -0.880. The van der Waals surface area contributed by atoms with Crippen molar-refractivity contribution in [1.29, 1.82) is 0 Å². The van der Waals surface area contributed by atoms with Crippen LogP contribution in [0.4, 0.5) is 11.6 Å². The second-order valence-corrected chi connectivity index (χ2v) is 5.63. The molecular weight excluding hydrogens is 270 g/mol. The smallest absolute Gasteiger partial charge is 0.159 e. The van der Waals surface area contributed by atoms with Crippen molar-refractivity contribution in [2.45, 2.75) is 20.3 Å². The molecule has 0 saturated carbocycles.